The van der Waals surface area contributed by atoms with Gasteiger partial charge in [0.05, 0.1) is 6.54 Å². The van der Waals surface area contributed by atoms with E-state index in [9.17, 15) is 4.79 Å². The van der Waals surface area contributed by atoms with E-state index in [4.69, 9.17) is 0 Å². The molecule has 1 aromatic heterocycles. The molecule has 0 aliphatic carbocycles. The van der Waals surface area contributed by atoms with E-state index in [1.54, 1.807) is 11.3 Å². The number of guanidine groups is 1. The minimum Gasteiger partial charge on any atom is -0.357 e. The summed E-state index contributed by atoms with van der Waals surface area (Å²) in [5, 5.41) is 5.42. The van der Waals surface area contributed by atoms with Crippen LogP contribution in [-0.4, -0.2) is 61.4 Å². The number of hydrogen-bond acceptors (Lipinski definition) is 3. The summed E-state index contributed by atoms with van der Waals surface area (Å²) >= 11 is 1.79. The van der Waals surface area contributed by atoms with Gasteiger partial charge in [0.25, 0.3) is 0 Å². The molecule has 7 heteroatoms. The Labute approximate surface area is 166 Å². The lowest BCUT2D eigenvalue weighted by atomic mass is 10.3. The van der Waals surface area contributed by atoms with Crippen molar-refractivity contribution in [2.24, 2.45) is 4.99 Å². The van der Waals surface area contributed by atoms with Crippen molar-refractivity contribution in [3.63, 3.8) is 0 Å². The highest BCUT2D eigenvalue weighted by molar-refractivity contribution is 14.0. The van der Waals surface area contributed by atoms with Crippen LogP contribution in [-0.2, 0) is 11.2 Å². The van der Waals surface area contributed by atoms with Gasteiger partial charge < -0.3 is 15.1 Å². The first-order valence-corrected chi connectivity index (χ1v) is 9.38. The topological polar surface area (TPSA) is 47.9 Å². The molecule has 0 spiro atoms. The zero-order chi connectivity index (χ0) is 16.5. The van der Waals surface area contributed by atoms with E-state index in [0.717, 1.165) is 51.4 Å². The minimum absolute atomic E-state index is 0. The molecule has 2 heterocycles. The number of carbonyl (C=O) groups excluding carboxylic acids is 1. The maximum absolute atomic E-state index is 12.1. The quantitative estimate of drug-likeness (QED) is 0.384. The number of halogens is 1. The van der Waals surface area contributed by atoms with Crippen LogP contribution < -0.4 is 5.32 Å². The van der Waals surface area contributed by atoms with Gasteiger partial charge in [0.1, 0.15) is 0 Å². The fourth-order valence-corrected chi connectivity index (χ4v) is 3.39. The van der Waals surface area contributed by atoms with Crippen molar-refractivity contribution >= 4 is 47.2 Å². The van der Waals surface area contributed by atoms with Crippen molar-refractivity contribution in [2.75, 3.05) is 39.8 Å². The molecular weight excluding hydrogens is 435 g/mol. The molecule has 24 heavy (non-hydrogen) atoms. The van der Waals surface area contributed by atoms with Gasteiger partial charge in [-0.25, -0.2) is 0 Å². The molecule has 1 aliphatic rings. The molecule has 136 valence electrons. The van der Waals surface area contributed by atoms with Crippen LogP contribution in [0.3, 0.4) is 0 Å². The van der Waals surface area contributed by atoms with Gasteiger partial charge in [-0.1, -0.05) is 6.07 Å². The Kier molecular flexibility index (Phi) is 10.3. The van der Waals surface area contributed by atoms with E-state index < -0.39 is 0 Å². The molecule has 1 fully saturated rings. The SMILES string of the molecule is CCNC(=NCCC(=O)N1CCCC1)N(C)CCc1cccs1.I. The number of likely N-dealkylation sites (N-methyl/N-ethyl adjacent to an activating group) is 1. The second-order valence-corrected chi connectivity index (χ2v) is 6.86. The van der Waals surface area contributed by atoms with Gasteiger partial charge in [-0.3, -0.25) is 9.79 Å². The number of hydrogen-bond donors (Lipinski definition) is 1. The normalized spacial score (nSPS) is 14.4. The van der Waals surface area contributed by atoms with Crippen LogP contribution in [0.4, 0.5) is 0 Å². The zero-order valence-corrected chi connectivity index (χ0v) is 17.8. The summed E-state index contributed by atoms with van der Waals surface area (Å²) in [5.41, 5.74) is 0. The standard InChI is InChI=1S/C17H28N4OS.HI/c1-3-18-17(20(2)13-9-15-7-6-14-23-15)19-10-8-16(22)21-11-4-5-12-21;/h6-7,14H,3-5,8-13H2,1-2H3,(H,18,19);1H. The maximum Gasteiger partial charge on any atom is 0.224 e. The molecule has 1 N–H and O–H groups in total. The average molecular weight is 464 g/mol. The lowest BCUT2D eigenvalue weighted by Crippen LogP contribution is -2.40. The van der Waals surface area contributed by atoms with Crippen molar-refractivity contribution < 1.29 is 4.79 Å². The molecule has 0 bridgehead atoms. The molecule has 0 unspecified atom stereocenters. The summed E-state index contributed by atoms with van der Waals surface area (Å²) in [4.78, 5) is 22.2. The third-order valence-corrected chi connectivity index (χ3v) is 4.95. The summed E-state index contributed by atoms with van der Waals surface area (Å²) < 4.78 is 0. The molecule has 1 aliphatic heterocycles. The van der Waals surface area contributed by atoms with Gasteiger partial charge >= 0.3 is 0 Å². The number of aliphatic imine (C=N–C) groups is 1. The lowest BCUT2D eigenvalue weighted by Gasteiger charge is -2.22. The summed E-state index contributed by atoms with van der Waals surface area (Å²) in [5.74, 6) is 1.13. The minimum atomic E-state index is 0. The Balaban J connectivity index is 0.00000288. The van der Waals surface area contributed by atoms with Gasteiger partial charge in [0.2, 0.25) is 5.91 Å². The number of rotatable bonds is 7. The summed E-state index contributed by atoms with van der Waals surface area (Å²) in [7, 11) is 2.05. The molecule has 0 aromatic carbocycles. The fraction of sp³-hybridized carbons (Fsp3) is 0.647. The van der Waals surface area contributed by atoms with E-state index in [-0.39, 0.29) is 29.9 Å². The number of nitrogens with one attached hydrogen (secondary N) is 1. The van der Waals surface area contributed by atoms with Crippen molar-refractivity contribution in [1.29, 1.82) is 0 Å². The number of amides is 1. The molecule has 1 aromatic rings. The number of thiophene rings is 1. The molecule has 0 radical (unpaired) electrons. The molecule has 0 saturated carbocycles. The lowest BCUT2D eigenvalue weighted by molar-refractivity contribution is -0.129. The summed E-state index contributed by atoms with van der Waals surface area (Å²) in [6, 6.07) is 4.25. The third kappa shape index (κ3) is 6.96. The summed E-state index contributed by atoms with van der Waals surface area (Å²) in [6.45, 7) is 6.22. The second-order valence-electron chi connectivity index (χ2n) is 5.82. The van der Waals surface area contributed by atoms with Crippen LogP contribution in [0.25, 0.3) is 0 Å². The molecule has 1 amide bonds. The van der Waals surface area contributed by atoms with Gasteiger partial charge in [-0.05, 0) is 37.6 Å². The monoisotopic (exact) mass is 464 g/mol. The number of carbonyl (C=O) groups is 1. The average Bonchev–Trinajstić information content (AvgIpc) is 3.24. The Hall–Kier alpha value is -0.830. The van der Waals surface area contributed by atoms with Gasteiger partial charge in [-0.2, -0.15) is 0 Å². The van der Waals surface area contributed by atoms with Crippen LogP contribution in [0.15, 0.2) is 22.5 Å². The smallest absolute Gasteiger partial charge is 0.224 e. The first kappa shape index (κ1) is 21.2. The van der Waals surface area contributed by atoms with Crippen molar-refractivity contribution in [1.82, 2.24) is 15.1 Å². The number of likely N-dealkylation sites (tertiary alicyclic amines) is 1. The van der Waals surface area contributed by atoms with Crippen molar-refractivity contribution in [2.45, 2.75) is 32.6 Å². The third-order valence-electron chi connectivity index (χ3n) is 4.02. The Morgan fingerprint density at radius 2 is 2.17 bits per heavy atom. The largest absolute Gasteiger partial charge is 0.357 e. The fourth-order valence-electron chi connectivity index (χ4n) is 2.69. The molecule has 2 rings (SSSR count). The predicted molar refractivity (Wildman–Crippen MR) is 112 cm³/mol. The van der Waals surface area contributed by atoms with Gasteiger partial charge in [0, 0.05) is 44.5 Å². The Morgan fingerprint density at radius 1 is 1.42 bits per heavy atom. The van der Waals surface area contributed by atoms with Crippen LogP contribution in [0.5, 0.6) is 0 Å². The van der Waals surface area contributed by atoms with Gasteiger partial charge in [0.15, 0.2) is 5.96 Å². The zero-order valence-electron chi connectivity index (χ0n) is 14.7. The van der Waals surface area contributed by atoms with Crippen LogP contribution in [0, 0.1) is 0 Å². The molecular formula is C17H29IN4OS. The number of nitrogens with zero attached hydrogens (tertiary/aromatic N) is 3. The van der Waals surface area contributed by atoms with Crippen molar-refractivity contribution in [3.05, 3.63) is 22.4 Å². The van der Waals surface area contributed by atoms with E-state index in [1.165, 1.54) is 4.88 Å². The highest BCUT2D eigenvalue weighted by Gasteiger charge is 2.17. The Morgan fingerprint density at radius 3 is 2.79 bits per heavy atom. The van der Waals surface area contributed by atoms with E-state index >= 15 is 0 Å². The van der Waals surface area contributed by atoms with Crippen LogP contribution in [0.2, 0.25) is 0 Å². The Bertz CT molecular complexity index is 501. The van der Waals surface area contributed by atoms with Crippen LogP contribution in [0.1, 0.15) is 31.1 Å². The molecule has 0 atom stereocenters. The maximum atomic E-state index is 12.1. The van der Waals surface area contributed by atoms with E-state index in [1.807, 2.05) is 4.90 Å². The first-order valence-electron chi connectivity index (χ1n) is 8.50. The summed E-state index contributed by atoms with van der Waals surface area (Å²) in [6.07, 6.45) is 3.81. The highest BCUT2D eigenvalue weighted by Crippen LogP contribution is 2.10. The molecule has 1 saturated heterocycles. The van der Waals surface area contributed by atoms with E-state index in [2.05, 4.69) is 46.7 Å². The predicted octanol–water partition coefficient (Wildman–Crippen LogP) is 2.82. The molecule has 5 nitrogen and oxygen atoms in total. The highest BCUT2D eigenvalue weighted by atomic mass is 127. The van der Waals surface area contributed by atoms with Crippen molar-refractivity contribution in [3.8, 4) is 0 Å². The first-order chi connectivity index (χ1) is 11.2. The van der Waals surface area contributed by atoms with Crippen LogP contribution >= 0.6 is 35.3 Å². The van der Waals surface area contributed by atoms with Gasteiger partial charge in [-0.15, -0.1) is 35.3 Å². The van der Waals surface area contributed by atoms with E-state index in [0.29, 0.717) is 13.0 Å². The second kappa shape index (κ2) is 11.7.